The molecule has 4 nitrogen and oxygen atoms in total. The van der Waals surface area contributed by atoms with Crippen molar-refractivity contribution in [2.45, 2.75) is 45.1 Å². The Morgan fingerprint density at radius 1 is 1.12 bits per heavy atom. The van der Waals surface area contributed by atoms with Gasteiger partial charge in [-0.15, -0.1) is 0 Å². The van der Waals surface area contributed by atoms with Crippen molar-refractivity contribution in [3.8, 4) is 0 Å². The molecule has 1 aliphatic heterocycles. The van der Waals surface area contributed by atoms with E-state index in [1.807, 2.05) is 0 Å². The van der Waals surface area contributed by atoms with Crippen LogP contribution in [0, 0.1) is 11.8 Å². The maximum Gasteiger partial charge on any atom is 0.224 e. The number of amides is 1. The van der Waals surface area contributed by atoms with Crippen molar-refractivity contribution >= 4 is 15.7 Å². The molecule has 17 heavy (non-hydrogen) atoms. The standard InChI is InChI=1S/C12H21NO3S/c1-9-2-4-11(5-3-9)13-12(14)10-6-7-17(15,16)8-10/h9-11H,2-8H2,1H3,(H,13,14)/t9?,10-,11?/m1/s1. The van der Waals surface area contributed by atoms with Gasteiger partial charge >= 0.3 is 0 Å². The van der Waals surface area contributed by atoms with E-state index in [0.717, 1.165) is 31.6 Å². The molecule has 2 fully saturated rings. The van der Waals surface area contributed by atoms with Crippen LogP contribution in [0.15, 0.2) is 0 Å². The van der Waals surface area contributed by atoms with Crippen molar-refractivity contribution < 1.29 is 13.2 Å². The first-order chi connectivity index (χ1) is 7.96. The fraction of sp³-hybridized carbons (Fsp3) is 0.917. The fourth-order valence-electron chi connectivity index (χ4n) is 2.73. The zero-order valence-corrected chi connectivity index (χ0v) is 11.1. The third-order valence-electron chi connectivity index (χ3n) is 3.97. The highest BCUT2D eigenvalue weighted by Gasteiger charge is 2.34. The molecule has 5 heteroatoms. The van der Waals surface area contributed by atoms with E-state index in [-0.39, 0.29) is 29.4 Å². The number of hydrogen-bond acceptors (Lipinski definition) is 3. The van der Waals surface area contributed by atoms with Gasteiger partial charge in [0, 0.05) is 6.04 Å². The Bertz CT molecular complexity index is 383. The molecule has 0 aromatic rings. The summed E-state index contributed by atoms with van der Waals surface area (Å²) in [6.45, 7) is 2.24. The largest absolute Gasteiger partial charge is 0.353 e. The van der Waals surface area contributed by atoms with E-state index in [2.05, 4.69) is 12.2 Å². The highest BCUT2D eigenvalue weighted by Crippen LogP contribution is 2.24. The summed E-state index contributed by atoms with van der Waals surface area (Å²) in [5.41, 5.74) is 0. The van der Waals surface area contributed by atoms with Crippen molar-refractivity contribution in [3.05, 3.63) is 0 Å². The number of nitrogens with one attached hydrogen (secondary N) is 1. The Balaban J connectivity index is 1.82. The monoisotopic (exact) mass is 259 g/mol. The molecule has 1 atom stereocenters. The van der Waals surface area contributed by atoms with Crippen molar-refractivity contribution in [2.75, 3.05) is 11.5 Å². The van der Waals surface area contributed by atoms with Crippen molar-refractivity contribution in [2.24, 2.45) is 11.8 Å². The van der Waals surface area contributed by atoms with Gasteiger partial charge in [-0.1, -0.05) is 6.92 Å². The Morgan fingerprint density at radius 2 is 1.76 bits per heavy atom. The molecule has 2 aliphatic rings. The molecule has 1 amide bonds. The van der Waals surface area contributed by atoms with Crippen molar-refractivity contribution in [3.63, 3.8) is 0 Å². The lowest BCUT2D eigenvalue weighted by atomic mass is 9.87. The van der Waals surface area contributed by atoms with E-state index >= 15 is 0 Å². The van der Waals surface area contributed by atoms with E-state index in [4.69, 9.17) is 0 Å². The Hall–Kier alpha value is -0.580. The van der Waals surface area contributed by atoms with Crippen molar-refractivity contribution in [1.82, 2.24) is 5.32 Å². The highest BCUT2D eigenvalue weighted by molar-refractivity contribution is 7.91. The topological polar surface area (TPSA) is 63.2 Å². The summed E-state index contributed by atoms with van der Waals surface area (Å²) in [5, 5.41) is 3.02. The first kappa shape index (κ1) is 12.9. The van der Waals surface area contributed by atoms with Gasteiger partial charge in [0.25, 0.3) is 0 Å². The molecule has 2 rings (SSSR count). The predicted molar refractivity (Wildman–Crippen MR) is 66.3 cm³/mol. The minimum absolute atomic E-state index is 0.0436. The quantitative estimate of drug-likeness (QED) is 0.808. The van der Waals surface area contributed by atoms with Gasteiger partial charge < -0.3 is 5.32 Å². The minimum Gasteiger partial charge on any atom is -0.353 e. The van der Waals surface area contributed by atoms with Crippen LogP contribution in [0.5, 0.6) is 0 Å². The lowest BCUT2D eigenvalue weighted by molar-refractivity contribution is -0.125. The normalized spacial score (nSPS) is 36.6. The zero-order chi connectivity index (χ0) is 12.5. The van der Waals surface area contributed by atoms with Crippen LogP contribution in [0.25, 0.3) is 0 Å². The molecule has 1 saturated heterocycles. The molecule has 0 aromatic carbocycles. The first-order valence-corrected chi connectivity index (χ1v) is 8.29. The summed E-state index contributed by atoms with van der Waals surface area (Å²) in [6, 6.07) is 0.266. The molecular formula is C12H21NO3S. The summed E-state index contributed by atoms with van der Waals surface area (Å²) < 4.78 is 22.6. The average Bonchev–Trinajstić information content (AvgIpc) is 2.62. The minimum atomic E-state index is -2.95. The van der Waals surface area contributed by atoms with E-state index in [1.165, 1.54) is 0 Å². The second-order valence-electron chi connectivity index (χ2n) is 5.57. The second kappa shape index (κ2) is 4.96. The lowest BCUT2D eigenvalue weighted by Gasteiger charge is -2.27. The number of sulfone groups is 1. The van der Waals surface area contributed by atoms with Crippen LogP contribution in [-0.2, 0) is 14.6 Å². The van der Waals surface area contributed by atoms with Gasteiger partial charge in [-0.2, -0.15) is 0 Å². The van der Waals surface area contributed by atoms with Crippen LogP contribution in [0.1, 0.15) is 39.0 Å². The molecule has 1 heterocycles. The van der Waals surface area contributed by atoms with Crippen LogP contribution in [0.2, 0.25) is 0 Å². The molecule has 0 radical (unpaired) electrons. The molecule has 1 saturated carbocycles. The van der Waals surface area contributed by atoms with Gasteiger partial charge in [0.05, 0.1) is 17.4 Å². The summed E-state index contributed by atoms with van der Waals surface area (Å²) in [6.07, 6.45) is 4.89. The van der Waals surface area contributed by atoms with E-state index in [0.29, 0.717) is 6.42 Å². The molecule has 0 aromatic heterocycles. The molecule has 1 aliphatic carbocycles. The summed E-state index contributed by atoms with van der Waals surface area (Å²) >= 11 is 0. The van der Waals surface area contributed by atoms with Gasteiger partial charge in [0.2, 0.25) is 5.91 Å². The number of rotatable bonds is 2. The van der Waals surface area contributed by atoms with E-state index in [9.17, 15) is 13.2 Å². The highest BCUT2D eigenvalue weighted by atomic mass is 32.2. The molecule has 1 N–H and O–H groups in total. The summed E-state index contributed by atoms with van der Waals surface area (Å²) in [4.78, 5) is 11.9. The molecule has 98 valence electrons. The van der Waals surface area contributed by atoms with Gasteiger partial charge in [-0.05, 0) is 38.0 Å². The maximum absolute atomic E-state index is 11.9. The van der Waals surface area contributed by atoms with Crippen LogP contribution in [0.3, 0.4) is 0 Å². The Kier molecular flexibility index (Phi) is 3.76. The van der Waals surface area contributed by atoms with Crippen LogP contribution >= 0.6 is 0 Å². The van der Waals surface area contributed by atoms with Crippen LogP contribution < -0.4 is 5.32 Å². The zero-order valence-electron chi connectivity index (χ0n) is 10.3. The number of hydrogen-bond donors (Lipinski definition) is 1. The van der Waals surface area contributed by atoms with Crippen LogP contribution in [0.4, 0.5) is 0 Å². The van der Waals surface area contributed by atoms with Crippen LogP contribution in [-0.4, -0.2) is 31.9 Å². The smallest absolute Gasteiger partial charge is 0.224 e. The van der Waals surface area contributed by atoms with E-state index < -0.39 is 9.84 Å². The summed E-state index contributed by atoms with van der Waals surface area (Å²) in [7, 11) is -2.95. The third kappa shape index (κ3) is 3.44. The predicted octanol–water partition coefficient (Wildman–Crippen LogP) is 1.12. The lowest BCUT2D eigenvalue weighted by Crippen LogP contribution is -2.41. The first-order valence-electron chi connectivity index (χ1n) is 6.47. The number of carbonyl (C=O) groups excluding carboxylic acids is 1. The van der Waals surface area contributed by atoms with E-state index in [1.54, 1.807) is 0 Å². The molecule has 0 spiro atoms. The SMILES string of the molecule is CC1CCC(NC(=O)[C@@H]2CCS(=O)(=O)C2)CC1. The fourth-order valence-corrected chi connectivity index (χ4v) is 4.47. The van der Waals surface area contributed by atoms with Gasteiger partial charge in [0.15, 0.2) is 9.84 Å². The van der Waals surface area contributed by atoms with Gasteiger partial charge in [0.1, 0.15) is 0 Å². The Morgan fingerprint density at radius 3 is 2.29 bits per heavy atom. The summed E-state index contributed by atoms with van der Waals surface area (Å²) in [5.74, 6) is 0.620. The van der Waals surface area contributed by atoms with Gasteiger partial charge in [-0.25, -0.2) is 8.42 Å². The second-order valence-corrected chi connectivity index (χ2v) is 7.79. The number of carbonyl (C=O) groups is 1. The van der Waals surface area contributed by atoms with Gasteiger partial charge in [-0.3, -0.25) is 4.79 Å². The maximum atomic E-state index is 11.9. The van der Waals surface area contributed by atoms with Crippen molar-refractivity contribution in [1.29, 1.82) is 0 Å². The average molecular weight is 259 g/mol. The third-order valence-corrected chi connectivity index (χ3v) is 5.73. The molecule has 0 unspecified atom stereocenters. The molecule has 0 bridgehead atoms. The Labute approximate surface area is 103 Å². The molecular weight excluding hydrogens is 238 g/mol.